The van der Waals surface area contributed by atoms with Gasteiger partial charge in [-0.3, -0.25) is 0 Å². The summed E-state index contributed by atoms with van der Waals surface area (Å²) in [4.78, 5) is 0.101. The number of nitrogens with two attached hydrogens (primary N) is 1. The van der Waals surface area contributed by atoms with E-state index < -0.39 is 10.0 Å². The zero-order valence-electron chi connectivity index (χ0n) is 11.9. The number of primary sulfonamides is 1. The Kier molecular flexibility index (Phi) is 3.39. The van der Waals surface area contributed by atoms with Crippen molar-refractivity contribution < 1.29 is 13.2 Å². The van der Waals surface area contributed by atoms with Crippen molar-refractivity contribution in [1.82, 2.24) is 0 Å². The fraction of sp³-hybridized carbons (Fsp3) is 0.571. The summed E-state index contributed by atoms with van der Waals surface area (Å²) in [5.74, 6) is 0.840. The van der Waals surface area contributed by atoms with Gasteiger partial charge < -0.3 is 4.74 Å². The van der Waals surface area contributed by atoms with Crippen LogP contribution in [0.5, 0.6) is 5.75 Å². The minimum absolute atomic E-state index is 0.101. The molecule has 1 aromatic carbocycles. The van der Waals surface area contributed by atoms with Crippen LogP contribution in [-0.4, -0.2) is 15.5 Å². The minimum Gasteiger partial charge on any atom is -0.495 e. The standard InChI is InChI=1S/C14H21NO3S/c1-14(2,3)11-7-10(9-5-6-9)8-12(13(11)18-4)19(15,16)17/h7-9H,5-6H2,1-4H3,(H2,15,16,17). The number of sulfonamides is 1. The SMILES string of the molecule is COc1c(C(C)(C)C)cc(C2CC2)cc1S(N)(=O)=O. The van der Waals surface area contributed by atoms with Crippen LogP contribution in [0.4, 0.5) is 0 Å². The maximum Gasteiger partial charge on any atom is 0.241 e. The van der Waals surface area contributed by atoms with Crippen molar-refractivity contribution in [1.29, 1.82) is 0 Å². The first kappa shape index (κ1) is 14.3. The van der Waals surface area contributed by atoms with Gasteiger partial charge in [-0.05, 0) is 35.8 Å². The van der Waals surface area contributed by atoms with Gasteiger partial charge in [-0.25, -0.2) is 13.6 Å². The molecule has 0 atom stereocenters. The van der Waals surface area contributed by atoms with Crippen LogP contribution >= 0.6 is 0 Å². The molecule has 0 amide bonds. The van der Waals surface area contributed by atoms with Gasteiger partial charge >= 0.3 is 0 Å². The van der Waals surface area contributed by atoms with E-state index in [4.69, 9.17) is 9.88 Å². The summed E-state index contributed by atoms with van der Waals surface area (Å²) in [6, 6.07) is 3.73. The van der Waals surface area contributed by atoms with E-state index in [9.17, 15) is 8.42 Å². The highest BCUT2D eigenvalue weighted by Crippen LogP contribution is 2.45. The first-order valence-corrected chi connectivity index (χ1v) is 7.94. The van der Waals surface area contributed by atoms with Gasteiger partial charge in [0.25, 0.3) is 0 Å². The maximum atomic E-state index is 11.8. The Morgan fingerprint density at radius 2 is 1.84 bits per heavy atom. The molecular formula is C14H21NO3S. The first-order chi connectivity index (χ1) is 8.64. The molecule has 4 nitrogen and oxygen atoms in total. The number of ether oxygens (including phenoxy) is 1. The van der Waals surface area contributed by atoms with Crippen molar-refractivity contribution in [2.45, 2.75) is 49.8 Å². The van der Waals surface area contributed by atoms with Gasteiger partial charge in [0.1, 0.15) is 10.6 Å². The fourth-order valence-electron chi connectivity index (χ4n) is 2.25. The molecule has 0 spiro atoms. The summed E-state index contributed by atoms with van der Waals surface area (Å²) in [6.45, 7) is 6.11. The van der Waals surface area contributed by atoms with Gasteiger partial charge in [-0.2, -0.15) is 0 Å². The third-order valence-electron chi connectivity index (χ3n) is 3.44. The Hall–Kier alpha value is -1.07. The lowest BCUT2D eigenvalue weighted by atomic mass is 9.85. The first-order valence-electron chi connectivity index (χ1n) is 6.40. The summed E-state index contributed by atoms with van der Waals surface area (Å²) in [5.41, 5.74) is 1.74. The largest absolute Gasteiger partial charge is 0.495 e. The second-order valence-electron chi connectivity index (χ2n) is 6.17. The van der Waals surface area contributed by atoms with Gasteiger partial charge in [0.15, 0.2) is 0 Å². The Balaban J connectivity index is 2.74. The molecule has 0 radical (unpaired) electrons. The zero-order chi connectivity index (χ0) is 14.4. The quantitative estimate of drug-likeness (QED) is 0.926. The fourth-order valence-corrected chi connectivity index (χ4v) is 3.01. The molecule has 0 aliphatic heterocycles. The molecular weight excluding hydrogens is 262 g/mol. The Bertz CT molecular complexity index is 596. The lowest BCUT2D eigenvalue weighted by Crippen LogP contribution is -2.19. The van der Waals surface area contributed by atoms with Crippen molar-refractivity contribution >= 4 is 10.0 Å². The topological polar surface area (TPSA) is 69.4 Å². The molecule has 2 rings (SSSR count). The monoisotopic (exact) mass is 283 g/mol. The predicted molar refractivity (Wildman–Crippen MR) is 75.0 cm³/mol. The minimum atomic E-state index is -3.78. The Morgan fingerprint density at radius 3 is 2.21 bits per heavy atom. The highest BCUT2D eigenvalue weighted by molar-refractivity contribution is 7.89. The van der Waals surface area contributed by atoms with E-state index in [0.29, 0.717) is 11.7 Å². The molecule has 0 bridgehead atoms. The third kappa shape index (κ3) is 2.92. The summed E-state index contributed by atoms with van der Waals surface area (Å²) in [6.07, 6.45) is 2.22. The van der Waals surface area contributed by atoms with Gasteiger partial charge in [0, 0.05) is 5.56 Å². The molecule has 0 saturated heterocycles. The second kappa shape index (κ2) is 4.49. The number of hydrogen-bond donors (Lipinski definition) is 1. The number of benzene rings is 1. The van der Waals surface area contributed by atoms with E-state index in [1.807, 2.05) is 20.8 Å². The molecule has 5 heteroatoms. The second-order valence-corrected chi connectivity index (χ2v) is 7.70. The van der Waals surface area contributed by atoms with E-state index in [1.165, 1.54) is 7.11 Å². The Morgan fingerprint density at radius 1 is 1.26 bits per heavy atom. The van der Waals surface area contributed by atoms with Crippen LogP contribution in [0.2, 0.25) is 0 Å². The average Bonchev–Trinajstić information content (AvgIpc) is 3.08. The molecule has 0 heterocycles. The molecule has 106 valence electrons. The van der Waals surface area contributed by atoms with Crippen LogP contribution in [0.3, 0.4) is 0 Å². The maximum absolute atomic E-state index is 11.8. The number of methoxy groups -OCH3 is 1. The molecule has 1 saturated carbocycles. The molecule has 19 heavy (non-hydrogen) atoms. The molecule has 1 aliphatic rings. The van der Waals surface area contributed by atoms with Crippen LogP contribution in [-0.2, 0) is 15.4 Å². The van der Waals surface area contributed by atoms with Crippen molar-refractivity contribution in [2.24, 2.45) is 5.14 Å². The number of rotatable bonds is 3. The van der Waals surface area contributed by atoms with Crippen molar-refractivity contribution in [3.8, 4) is 5.75 Å². The molecule has 1 aliphatic carbocycles. The smallest absolute Gasteiger partial charge is 0.241 e. The average molecular weight is 283 g/mol. The van der Waals surface area contributed by atoms with Crippen LogP contribution in [0.15, 0.2) is 17.0 Å². The van der Waals surface area contributed by atoms with Crippen LogP contribution in [0.1, 0.15) is 50.7 Å². The highest BCUT2D eigenvalue weighted by atomic mass is 32.2. The summed E-state index contributed by atoms with van der Waals surface area (Å²) in [5, 5.41) is 5.33. The van der Waals surface area contributed by atoms with Crippen molar-refractivity contribution in [3.05, 3.63) is 23.3 Å². The van der Waals surface area contributed by atoms with E-state index in [0.717, 1.165) is 24.0 Å². The predicted octanol–water partition coefficient (Wildman–Crippen LogP) is 2.52. The van der Waals surface area contributed by atoms with Crippen LogP contribution in [0.25, 0.3) is 0 Å². The molecule has 0 unspecified atom stereocenters. The molecule has 2 N–H and O–H groups in total. The normalized spacial score (nSPS) is 16.5. The molecule has 0 aromatic heterocycles. The summed E-state index contributed by atoms with van der Waals surface area (Å²) >= 11 is 0. The van der Waals surface area contributed by atoms with Crippen molar-refractivity contribution in [3.63, 3.8) is 0 Å². The lowest BCUT2D eigenvalue weighted by Gasteiger charge is -2.24. The summed E-state index contributed by atoms with van der Waals surface area (Å²) < 4.78 is 28.9. The molecule has 1 fully saturated rings. The molecule has 1 aromatic rings. The van der Waals surface area contributed by atoms with E-state index in [1.54, 1.807) is 6.07 Å². The van der Waals surface area contributed by atoms with E-state index in [2.05, 4.69) is 6.07 Å². The van der Waals surface area contributed by atoms with E-state index in [-0.39, 0.29) is 10.3 Å². The zero-order valence-corrected chi connectivity index (χ0v) is 12.7. The summed E-state index contributed by atoms with van der Waals surface area (Å²) in [7, 11) is -2.30. The van der Waals surface area contributed by atoms with Crippen molar-refractivity contribution in [2.75, 3.05) is 7.11 Å². The van der Waals surface area contributed by atoms with E-state index >= 15 is 0 Å². The van der Waals surface area contributed by atoms with Gasteiger partial charge in [-0.1, -0.05) is 26.8 Å². The highest BCUT2D eigenvalue weighted by Gasteiger charge is 2.31. The Labute approximate surface area is 115 Å². The lowest BCUT2D eigenvalue weighted by molar-refractivity contribution is 0.385. The van der Waals surface area contributed by atoms with Crippen LogP contribution < -0.4 is 9.88 Å². The van der Waals surface area contributed by atoms with Gasteiger partial charge in [0.05, 0.1) is 7.11 Å². The van der Waals surface area contributed by atoms with Gasteiger partial charge in [-0.15, -0.1) is 0 Å². The van der Waals surface area contributed by atoms with Gasteiger partial charge in [0.2, 0.25) is 10.0 Å². The number of hydrogen-bond acceptors (Lipinski definition) is 3. The third-order valence-corrected chi connectivity index (χ3v) is 4.36. The van der Waals surface area contributed by atoms with Crippen LogP contribution in [0, 0.1) is 0 Å².